The molecule has 0 saturated heterocycles. The van der Waals surface area contributed by atoms with Crippen molar-refractivity contribution in [3.63, 3.8) is 0 Å². The summed E-state index contributed by atoms with van der Waals surface area (Å²) >= 11 is 5.29. The summed E-state index contributed by atoms with van der Waals surface area (Å²) in [5, 5.41) is 0. The first-order valence-corrected chi connectivity index (χ1v) is 4.44. The number of hydrogen-bond donors (Lipinski definition) is 0. The fourth-order valence-corrected chi connectivity index (χ4v) is 1.13. The second kappa shape index (κ2) is 4.67. The highest BCUT2D eigenvalue weighted by Gasteiger charge is 2.16. The van der Waals surface area contributed by atoms with Gasteiger partial charge in [0.1, 0.15) is 18.5 Å². The maximum atomic E-state index is 10.7. The molecule has 0 aliphatic rings. The summed E-state index contributed by atoms with van der Waals surface area (Å²) in [7, 11) is 6.14. The van der Waals surface area contributed by atoms with E-state index in [0.29, 0.717) is 0 Å². The average Bonchev–Trinajstić information content (AvgIpc) is 1.82. The van der Waals surface area contributed by atoms with Crippen molar-refractivity contribution in [3.05, 3.63) is 0 Å². The fourth-order valence-electron chi connectivity index (χ4n) is 1.06. The highest BCUT2D eigenvalue weighted by molar-refractivity contribution is 6.26. The van der Waals surface area contributed by atoms with Crippen LogP contribution in [-0.4, -0.2) is 50.1 Å². The molecule has 12 heavy (non-hydrogen) atoms. The van der Waals surface area contributed by atoms with E-state index in [0.717, 1.165) is 11.0 Å². The molecule has 0 rings (SSSR count). The third-order valence-electron chi connectivity index (χ3n) is 1.25. The van der Waals surface area contributed by atoms with Gasteiger partial charge in [-0.25, -0.2) is 0 Å². The number of nitrogens with zero attached hydrogens (tertiary/aromatic N) is 1. The zero-order valence-corrected chi connectivity index (χ0v) is 8.89. The van der Waals surface area contributed by atoms with E-state index in [4.69, 9.17) is 16.3 Å². The number of alkyl halides is 1. The zero-order valence-electron chi connectivity index (χ0n) is 8.13. The van der Waals surface area contributed by atoms with Gasteiger partial charge in [-0.05, 0) is 6.92 Å². The lowest BCUT2D eigenvalue weighted by Crippen LogP contribution is -2.42. The molecule has 1 atom stereocenters. The molecular weight excluding hydrogens is 178 g/mol. The molecular formula is C8H17ClNO2+. The van der Waals surface area contributed by atoms with Gasteiger partial charge >= 0.3 is 5.97 Å². The first-order valence-electron chi connectivity index (χ1n) is 3.91. The Morgan fingerprint density at radius 1 is 1.50 bits per heavy atom. The number of carbonyl (C=O) groups is 1. The maximum absolute atomic E-state index is 10.7. The van der Waals surface area contributed by atoms with Crippen LogP contribution in [0.2, 0.25) is 0 Å². The van der Waals surface area contributed by atoms with Gasteiger partial charge in [-0.2, -0.15) is 0 Å². The van der Waals surface area contributed by atoms with Crippen LogP contribution in [0, 0.1) is 0 Å². The fraction of sp³-hybridized carbons (Fsp3) is 0.875. The molecule has 0 aliphatic heterocycles. The molecule has 0 radical (unpaired) electrons. The highest BCUT2D eigenvalue weighted by Crippen LogP contribution is 1.99. The summed E-state index contributed by atoms with van der Waals surface area (Å²) in [5.74, 6) is -0.417. The van der Waals surface area contributed by atoms with Gasteiger partial charge in [-0.1, -0.05) is 0 Å². The third-order valence-corrected chi connectivity index (χ3v) is 1.46. The third kappa shape index (κ3) is 6.43. The van der Waals surface area contributed by atoms with E-state index in [2.05, 4.69) is 0 Å². The summed E-state index contributed by atoms with van der Waals surface area (Å²) in [5.41, 5.74) is 0. The van der Waals surface area contributed by atoms with Crippen molar-refractivity contribution in [1.82, 2.24) is 0 Å². The number of likely N-dealkylation sites (N-methyl/N-ethyl adjacent to an activating group) is 1. The lowest BCUT2D eigenvalue weighted by Gasteiger charge is -2.26. The first-order chi connectivity index (χ1) is 5.35. The molecule has 0 N–H and O–H groups in total. The Balaban J connectivity index is 3.74. The molecule has 0 aromatic rings. The molecule has 72 valence electrons. The molecule has 0 aliphatic carbocycles. The molecule has 0 aromatic heterocycles. The molecule has 4 heteroatoms. The van der Waals surface area contributed by atoms with Gasteiger partial charge in [0, 0.05) is 0 Å². The predicted molar refractivity (Wildman–Crippen MR) is 49.2 cm³/mol. The minimum Gasteiger partial charge on any atom is -0.456 e. The number of halogens is 1. The summed E-state index contributed by atoms with van der Waals surface area (Å²) < 4.78 is 5.76. The van der Waals surface area contributed by atoms with Crippen molar-refractivity contribution >= 4 is 17.6 Å². The Morgan fingerprint density at radius 3 is 2.33 bits per heavy atom. The van der Waals surface area contributed by atoms with Crippen molar-refractivity contribution in [1.29, 1.82) is 0 Å². The average molecular weight is 195 g/mol. The Kier molecular flexibility index (Phi) is 4.57. The molecule has 0 saturated carbocycles. The van der Waals surface area contributed by atoms with Crippen LogP contribution in [0.25, 0.3) is 0 Å². The van der Waals surface area contributed by atoms with Crippen molar-refractivity contribution in [3.8, 4) is 0 Å². The van der Waals surface area contributed by atoms with Crippen LogP contribution in [0.15, 0.2) is 0 Å². The second-order valence-electron chi connectivity index (χ2n) is 3.91. The van der Waals surface area contributed by atoms with E-state index < -0.39 is 0 Å². The SMILES string of the molecule is CC(C[N+](C)(C)C)OC(=O)CCl. The minimum absolute atomic E-state index is 0.0680. The number of hydrogen-bond acceptors (Lipinski definition) is 2. The number of carbonyl (C=O) groups excluding carboxylic acids is 1. The molecule has 0 heterocycles. The molecule has 0 spiro atoms. The lowest BCUT2D eigenvalue weighted by atomic mass is 10.3. The molecule has 1 unspecified atom stereocenters. The van der Waals surface area contributed by atoms with Crippen LogP contribution in [0.1, 0.15) is 6.92 Å². The highest BCUT2D eigenvalue weighted by atomic mass is 35.5. The Labute approximate surface area is 78.8 Å². The van der Waals surface area contributed by atoms with Gasteiger partial charge in [0.2, 0.25) is 0 Å². The Hall–Kier alpha value is -0.280. The van der Waals surface area contributed by atoms with E-state index in [-0.39, 0.29) is 18.0 Å². The first kappa shape index (κ1) is 11.7. The standard InChI is InChI=1S/C8H17ClNO2/c1-7(6-10(2,3)4)12-8(11)5-9/h7H,5-6H2,1-4H3/q+1. The van der Waals surface area contributed by atoms with Gasteiger partial charge in [-0.3, -0.25) is 4.79 Å². The number of ether oxygens (including phenoxy) is 1. The lowest BCUT2D eigenvalue weighted by molar-refractivity contribution is -0.873. The Bertz CT molecular complexity index is 154. The molecule has 0 fully saturated rings. The van der Waals surface area contributed by atoms with Crippen LogP contribution in [0.5, 0.6) is 0 Å². The molecule has 0 amide bonds. The van der Waals surface area contributed by atoms with Gasteiger partial charge < -0.3 is 9.22 Å². The second-order valence-corrected chi connectivity index (χ2v) is 4.17. The van der Waals surface area contributed by atoms with E-state index in [1.54, 1.807) is 0 Å². The molecule has 0 bridgehead atoms. The molecule has 0 aromatic carbocycles. The van der Waals surface area contributed by atoms with Crippen molar-refractivity contribution < 1.29 is 14.0 Å². The number of rotatable bonds is 4. The van der Waals surface area contributed by atoms with Crippen molar-refractivity contribution in [2.75, 3.05) is 33.6 Å². The summed E-state index contributed by atoms with van der Waals surface area (Å²) in [6.45, 7) is 2.66. The number of esters is 1. The van der Waals surface area contributed by atoms with E-state index in [9.17, 15) is 4.79 Å². The van der Waals surface area contributed by atoms with Gasteiger partial charge in [0.25, 0.3) is 0 Å². The van der Waals surface area contributed by atoms with Gasteiger partial charge in [-0.15, -0.1) is 11.6 Å². The van der Waals surface area contributed by atoms with Crippen LogP contribution in [0.3, 0.4) is 0 Å². The zero-order chi connectivity index (χ0) is 9.78. The van der Waals surface area contributed by atoms with E-state index in [1.165, 1.54) is 0 Å². The minimum atomic E-state index is -0.349. The summed E-state index contributed by atoms with van der Waals surface area (Å²) in [6.07, 6.45) is -0.0729. The van der Waals surface area contributed by atoms with E-state index in [1.807, 2.05) is 28.1 Å². The Morgan fingerprint density at radius 2 is 2.00 bits per heavy atom. The summed E-state index contributed by atoms with van der Waals surface area (Å²) in [6, 6.07) is 0. The summed E-state index contributed by atoms with van der Waals surface area (Å²) in [4.78, 5) is 10.7. The number of quaternary nitrogens is 1. The van der Waals surface area contributed by atoms with Crippen molar-refractivity contribution in [2.45, 2.75) is 13.0 Å². The quantitative estimate of drug-likeness (QED) is 0.377. The topological polar surface area (TPSA) is 26.3 Å². The van der Waals surface area contributed by atoms with Crippen molar-refractivity contribution in [2.24, 2.45) is 0 Å². The maximum Gasteiger partial charge on any atom is 0.321 e. The van der Waals surface area contributed by atoms with Crippen LogP contribution in [0.4, 0.5) is 0 Å². The van der Waals surface area contributed by atoms with Gasteiger partial charge in [0.05, 0.1) is 21.1 Å². The monoisotopic (exact) mass is 194 g/mol. The van der Waals surface area contributed by atoms with Crippen LogP contribution in [-0.2, 0) is 9.53 Å². The normalized spacial score (nSPS) is 14.1. The van der Waals surface area contributed by atoms with Crippen LogP contribution >= 0.6 is 11.6 Å². The van der Waals surface area contributed by atoms with Crippen LogP contribution < -0.4 is 0 Å². The van der Waals surface area contributed by atoms with Gasteiger partial charge in [0.15, 0.2) is 0 Å². The molecule has 3 nitrogen and oxygen atoms in total. The van der Waals surface area contributed by atoms with E-state index >= 15 is 0 Å². The smallest absolute Gasteiger partial charge is 0.321 e. The predicted octanol–water partition coefficient (Wildman–Crippen LogP) is 0.863. The largest absolute Gasteiger partial charge is 0.456 e.